The lowest BCUT2D eigenvalue weighted by Gasteiger charge is -2.20. The first-order valence-corrected chi connectivity index (χ1v) is 7.35. The molecule has 1 saturated carbocycles. The molecule has 106 valence electrons. The van der Waals surface area contributed by atoms with Crippen LogP contribution in [0.25, 0.3) is 0 Å². The highest BCUT2D eigenvalue weighted by atomic mass is 16.5. The van der Waals surface area contributed by atoms with Gasteiger partial charge in [-0.2, -0.15) is 0 Å². The fourth-order valence-electron chi connectivity index (χ4n) is 2.74. The molecule has 0 atom stereocenters. The second kappa shape index (κ2) is 7.39. The molecule has 0 radical (unpaired) electrons. The van der Waals surface area contributed by atoms with Gasteiger partial charge in [-0.05, 0) is 37.4 Å². The monoisotopic (exact) mass is 262 g/mol. The first kappa shape index (κ1) is 14.2. The van der Waals surface area contributed by atoms with E-state index in [1.54, 1.807) is 7.11 Å². The van der Waals surface area contributed by atoms with E-state index >= 15 is 0 Å². The van der Waals surface area contributed by atoms with Crippen molar-refractivity contribution >= 4 is 5.69 Å². The van der Waals surface area contributed by atoms with E-state index in [0.29, 0.717) is 0 Å². The molecule has 2 rings (SSSR count). The predicted octanol–water partition coefficient (Wildman–Crippen LogP) is 2.91. The second-order valence-electron chi connectivity index (χ2n) is 5.48. The van der Waals surface area contributed by atoms with Crippen LogP contribution in [-0.2, 0) is 0 Å². The van der Waals surface area contributed by atoms with E-state index in [1.807, 2.05) is 12.1 Å². The molecule has 1 aromatic carbocycles. The van der Waals surface area contributed by atoms with Crippen LogP contribution in [0.3, 0.4) is 0 Å². The van der Waals surface area contributed by atoms with Crippen LogP contribution >= 0.6 is 0 Å². The molecule has 1 aromatic rings. The van der Waals surface area contributed by atoms with Crippen LogP contribution in [0.15, 0.2) is 24.3 Å². The summed E-state index contributed by atoms with van der Waals surface area (Å²) in [5.41, 5.74) is 1.21. The minimum absolute atomic E-state index is 0.919. The van der Waals surface area contributed by atoms with Crippen molar-refractivity contribution in [2.24, 2.45) is 5.92 Å². The summed E-state index contributed by atoms with van der Waals surface area (Å²) in [7, 11) is 3.84. The van der Waals surface area contributed by atoms with Crippen LogP contribution in [-0.4, -0.2) is 33.8 Å². The standard InChI is InChI=1S/C16H26N2O/c1-18(15-8-5-9-16(12-15)19-2)11-10-17-13-14-6-3-4-7-14/h5,8-9,12,14,17H,3-4,6-7,10-11,13H2,1-2H3. The van der Waals surface area contributed by atoms with E-state index in [0.717, 1.165) is 24.8 Å². The third-order valence-corrected chi connectivity index (χ3v) is 4.03. The van der Waals surface area contributed by atoms with Crippen LogP contribution in [0.5, 0.6) is 5.75 Å². The lowest BCUT2D eigenvalue weighted by molar-refractivity contribution is 0.415. The first-order valence-electron chi connectivity index (χ1n) is 7.35. The van der Waals surface area contributed by atoms with Crippen LogP contribution in [0.2, 0.25) is 0 Å². The quantitative estimate of drug-likeness (QED) is 0.765. The van der Waals surface area contributed by atoms with Gasteiger partial charge in [-0.3, -0.25) is 0 Å². The van der Waals surface area contributed by atoms with Gasteiger partial charge in [-0.1, -0.05) is 18.9 Å². The van der Waals surface area contributed by atoms with Gasteiger partial charge < -0.3 is 15.0 Å². The van der Waals surface area contributed by atoms with Gasteiger partial charge in [-0.15, -0.1) is 0 Å². The number of anilines is 1. The van der Waals surface area contributed by atoms with Gasteiger partial charge in [0.2, 0.25) is 0 Å². The van der Waals surface area contributed by atoms with Crippen molar-refractivity contribution in [3.05, 3.63) is 24.3 Å². The Morgan fingerprint density at radius 2 is 2.11 bits per heavy atom. The van der Waals surface area contributed by atoms with Crippen LogP contribution in [0, 0.1) is 5.92 Å². The Labute approximate surface area is 116 Å². The molecule has 0 aliphatic heterocycles. The molecule has 0 saturated heterocycles. The first-order chi connectivity index (χ1) is 9.29. The number of nitrogens with one attached hydrogen (secondary N) is 1. The fraction of sp³-hybridized carbons (Fsp3) is 0.625. The number of ether oxygens (including phenoxy) is 1. The summed E-state index contributed by atoms with van der Waals surface area (Å²) in [5, 5.41) is 3.58. The molecule has 3 nitrogen and oxygen atoms in total. The molecule has 0 spiro atoms. The van der Waals surface area contributed by atoms with Gasteiger partial charge in [0.15, 0.2) is 0 Å². The number of nitrogens with zero attached hydrogens (tertiary/aromatic N) is 1. The molecular formula is C16H26N2O. The summed E-state index contributed by atoms with van der Waals surface area (Å²) in [4.78, 5) is 2.27. The Hall–Kier alpha value is -1.22. The summed E-state index contributed by atoms with van der Waals surface area (Å²) in [5.74, 6) is 1.84. The SMILES string of the molecule is COc1cccc(N(C)CCNCC2CCCC2)c1. The Kier molecular flexibility index (Phi) is 5.52. The third kappa shape index (κ3) is 4.43. The number of hydrogen-bond donors (Lipinski definition) is 1. The van der Waals surface area contributed by atoms with Crippen molar-refractivity contribution in [1.29, 1.82) is 0 Å². The number of hydrogen-bond acceptors (Lipinski definition) is 3. The van der Waals surface area contributed by atoms with Gasteiger partial charge in [0.1, 0.15) is 5.75 Å². The van der Waals surface area contributed by atoms with Crippen molar-refractivity contribution in [2.75, 3.05) is 38.7 Å². The summed E-state index contributed by atoms with van der Waals surface area (Å²) >= 11 is 0. The molecule has 1 aliphatic carbocycles. The van der Waals surface area contributed by atoms with E-state index in [4.69, 9.17) is 4.74 Å². The van der Waals surface area contributed by atoms with Gasteiger partial charge >= 0.3 is 0 Å². The Morgan fingerprint density at radius 1 is 1.32 bits per heavy atom. The minimum atomic E-state index is 0.919. The van der Waals surface area contributed by atoms with E-state index in [1.165, 1.54) is 37.9 Å². The zero-order valence-electron chi connectivity index (χ0n) is 12.2. The lowest BCUT2D eigenvalue weighted by atomic mass is 10.1. The van der Waals surface area contributed by atoms with Gasteiger partial charge in [0, 0.05) is 31.9 Å². The average Bonchev–Trinajstić information content (AvgIpc) is 2.96. The maximum atomic E-state index is 5.26. The average molecular weight is 262 g/mol. The summed E-state index contributed by atoms with van der Waals surface area (Å²) < 4.78 is 5.26. The van der Waals surface area contributed by atoms with Crippen molar-refractivity contribution in [2.45, 2.75) is 25.7 Å². The number of benzene rings is 1. The highest BCUT2D eigenvalue weighted by Crippen LogP contribution is 2.23. The van der Waals surface area contributed by atoms with E-state index in [9.17, 15) is 0 Å². The molecule has 0 aromatic heterocycles. The fourth-order valence-corrected chi connectivity index (χ4v) is 2.74. The van der Waals surface area contributed by atoms with Gasteiger partial charge in [0.25, 0.3) is 0 Å². The van der Waals surface area contributed by atoms with Crippen molar-refractivity contribution in [3.8, 4) is 5.75 Å². The van der Waals surface area contributed by atoms with Crippen molar-refractivity contribution in [3.63, 3.8) is 0 Å². The Balaban J connectivity index is 1.69. The molecule has 0 unspecified atom stereocenters. The lowest BCUT2D eigenvalue weighted by Crippen LogP contribution is -2.31. The molecule has 3 heteroatoms. The van der Waals surface area contributed by atoms with Crippen LogP contribution < -0.4 is 15.0 Å². The van der Waals surface area contributed by atoms with E-state index in [-0.39, 0.29) is 0 Å². The largest absolute Gasteiger partial charge is 0.497 e. The van der Waals surface area contributed by atoms with Crippen molar-refractivity contribution in [1.82, 2.24) is 5.32 Å². The van der Waals surface area contributed by atoms with E-state index in [2.05, 4.69) is 29.4 Å². The molecule has 1 fully saturated rings. The number of likely N-dealkylation sites (N-methyl/N-ethyl adjacent to an activating group) is 1. The van der Waals surface area contributed by atoms with E-state index < -0.39 is 0 Å². The summed E-state index contributed by atoms with van der Waals surface area (Å²) in [6, 6.07) is 8.22. The highest BCUT2D eigenvalue weighted by molar-refractivity contribution is 5.50. The third-order valence-electron chi connectivity index (χ3n) is 4.03. The Morgan fingerprint density at radius 3 is 2.84 bits per heavy atom. The summed E-state index contributed by atoms with van der Waals surface area (Å²) in [6.07, 6.45) is 5.68. The zero-order chi connectivity index (χ0) is 13.5. The summed E-state index contributed by atoms with van der Waals surface area (Å²) in [6.45, 7) is 3.26. The normalized spacial score (nSPS) is 15.7. The Bertz CT molecular complexity index is 375. The molecular weight excluding hydrogens is 236 g/mol. The topological polar surface area (TPSA) is 24.5 Å². The zero-order valence-corrected chi connectivity index (χ0v) is 12.2. The molecule has 1 N–H and O–H groups in total. The molecule has 0 heterocycles. The predicted molar refractivity (Wildman–Crippen MR) is 81.1 cm³/mol. The maximum absolute atomic E-state index is 5.26. The number of rotatable bonds is 7. The van der Waals surface area contributed by atoms with Gasteiger partial charge in [-0.25, -0.2) is 0 Å². The molecule has 0 bridgehead atoms. The van der Waals surface area contributed by atoms with Crippen molar-refractivity contribution < 1.29 is 4.74 Å². The number of methoxy groups -OCH3 is 1. The van der Waals surface area contributed by atoms with Gasteiger partial charge in [0.05, 0.1) is 7.11 Å². The molecule has 1 aliphatic rings. The molecule has 19 heavy (non-hydrogen) atoms. The van der Waals surface area contributed by atoms with Crippen LogP contribution in [0.4, 0.5) is 5.69 Å². The highest BCUT2D eigenvalue weighted by Gasteiger charge is 2.13. The minimum Gasteiger partial charge on any atom is -0.497 e. The van der Waals surface area contributed by atoms with Crippen LogP contribution in [0.1, 0.15) is 25.7 Å². The maximum Gasteiger partial charge on any atom is 0.120 e. The second-order valence-corrected chi connectivity index (χ2v) is 5.48. The molecule has 0 amide bonds. The smallest absolute Gasteiger partial charge is 0.120 e.